The SMILES string of the molecule is CC(C)SCC(=O)NCc1cccc(CO)c1. The Balaban J connectivity index is 2.36. The standard InChI is InChI=1S/C13H19NO2S/c1-10(2)17-9-13(16)14-7-11-4-3-5-12(6-11)8-15/h3-6,10,15H,7-9H2,1-2H3,(H,14,16). The molecule has 0 atom stereocenters. The highest BCUT2D eigenvalue weighted by Gasteiger charge is 2.03. The van der Waals surface area contributed by atoms with Gasteiger partial charge in [-0.15, -0.1) is 11.8 Å². The van der Waals surface area contributed by atoms with Crippen LogP contribution in [0.25, 0.3) is 0 Å². The van der Waals surface area contributed by atoms with Crippen molar-refractivity contribution in [2.24, 2.45) is 0 Å². The first kappa shape index (κ1) is 14.1. The molecule has 0 aliphatic heterocycles. The van der Waals surface area contributed by atoms with E-state index in [1.165, 1.54) is 0 Å². The number of benzene rings is 1. The molecule has 17 heavy (non-hydrogen) atoms. The molecule has 0 aromatic heterocycles. The van der Waals surface area contributed by atoms with Gasteiger partial charge in [0.1, 0.15) is 0 Å². The summed E-state index contributed by atoms with van der Waals surface area (Å²) in [7, 11) is 0. The van der Waals surface area contributed by atoms with Crippen molar-refractivity contribution in [1.82, 2.24) is 5.32 Å². The molecule has 0 heterocycles. The maximum Gasteiger partial charge on any atom is 0.230 e. The number of carbonyl (C=O) groups is 1. The summed E-state index contributed by atoms with van der Waals surface area (Å²) >= 11 is 1.63. The third-order valence-electron chi connectivity index (χ3n) is 2.21. The van der Waals surface area contributed by atoms with Gasteiger partial charge in [0.2, 0.25) is 5.91 Å². The summed E-state index contributed by atoms with van der Waals surface area (Å²) in [5.74, 6) is 0.551. The van der Waals surface area contributed by atoms with Gasteiger partial charge in [-0.25, -0.2) is 0 Å². The van der Waals surface area contributed by atoms with Crippen LogP contribution in [0.4, 0.5) is 0 Å². The minimum absolute atomic E-state index is 0.0327. The molecule has 3 nitrogen and oxygen atoms in total. The van der Waals surface area contributed by atoms with Crippen molar-refractivity contribution < 1.29 is 9.90 Å². The molecule has 0 bridgehead atoms. The quantitative estimate of drug-likeness (QED) is 0.814. The maximum atomic E-state index is 11.5. The topological polar surface area (TPSA) is 49.3 Å². The summed E-state index contributed by atoms with van der Waals surface area (Å²) in [5.41, 5.74) is 1.88. The highest BCUT2D eigenvalue weighted by molar-refractivity contribution is 8.00. The van der Waals surface area contributed by atoms with Gasteiger partial charge >= 0.3 is 0 Å². The fourth-order valence-corrected chi connectivity index (χ4v) is 1.92. The summed E-state index contributed by atoms with van der Waals surface area (Å²) in [5, 5.41) is 12.3. The fraction of sp³-hybridized carbons (Fsp3) is 0.462. The summed E-state index contributed by atoms with van der Waals surface area (Å²) in [6.45, 7) is 4.70. The number of carbonyl (C=O) groups excluding carboxylic acids is 1. The fourth-order valence-electron chi connectivity index (χ4n) is 1.33. The van der Waals surface area contributed by atoms with E-state index in [9.17, 15) is 4.79 Å². The Kier molecular flexibility index (Phi) is 6.08. The first-order valence-corrected chi connectivity index (χ1v) is 6.73. The van der Waals surface area contributed by atoms with Crippen molar-refractivity contribution >= 4 is 17.7 Å². The second-order valence-electron chi connectivity index (χ2n) is 4.11. The van der Waals surface area contributed by atoms with Crippen molar-refractivity contribution in [3.05, 3.63) is 35.4 Å². The van der Waals surface area contributed by atoms with Crippen LogP contribution in [0.3, 0.4) is 0 Å². The Morgan fingerprint density at radius 1 is 1.41 bits per heavy atom. The molecule has 0 saturated carbocycles. The van der Waals surface area contributed by atoms with Gasteiger partial charge in [0.25, 0.3) is 0 Å². The summed E-state index contributed by atoms with van der Waals surface area (Å²) in [4.78, 5) is 11.5. The summed E-state index contributed by atoms with van der Waals surface area (Å²) in [6.07, 6.45) is 0. The van der Waals surface area contributed by atoms with E-state index in [1.807, 2.05) is 24.3 Å². The lowest BCUT2D eigenvalue weighted by molar-refractivity contribution is -0.118. The third kappa shape index (κ3) is 5.75. The van der Waals surface area contributed by atoms with Crippen molar-refractivity contribution in [3.8, 4) is 0 Å². The van der Waals surface area contributed by atoms with Crippen LogP contribution in [-0.2, 0) is 17.9 Å². The van der Waals surface area contributed by atoms with Gasteiger partial charge in [-0.05, 0) is 16.4 Å². The number of rotatable bonds is 6. The molecule has 0 fully saturated rings. The van der Waals surface area contributed by atoms with Crippen LogP contribution in [0.2, 0.25) is 0 Å². The number of amides is 1. The van der Waals surface area contributed by atoms with Crippen LogP contribution < -0.4 is 5.32 Å². The largest absolute Gasteiger partial charge is 0.392 e. The van der Waals surface area contributed by atoms with E-state index in [1.54, 1.807) is 11.8 Å². The number of aliphatic hydroxyl groups is 1. The minimum atomic E-state index is 0.0327. The van der Waals surface area contributed by atoms with Crippen LogP contribution in [0.15, 0.2) is 24.3 Å². The molecule has 4 heteroatoms. The van der Waals surface area contributed by atoms with Gasteiger partial charge in [-0.3, -0.25) is 4.79 Å². The zero-order valence-corrected chi connectivity index (χ0v) is 11.1. The lowest BCUT2D eigenvalue weighted by Crippen LogP contribution is -2.25. The monoisotopic (exact) mass is 253 g/mol. The summed E-state index contributed by atoms with van der Waals surface area (Å²) < 4.78 is 0. The highest BCUT2D eigenvalue weighted by atomic mass is 32.2. The Bertz CT molecular complexity index is 366. The molecule has 0 saturated heterocycles. The van der Waals surface area contributed by atoms with Crippen LogP contribution >= 0.6 is 11.8 Å². The minimum Gasteiger partial charge on any atom is -0.392 e. The van der Waals surface area contributed by atoms with Crippen LogP contribution in [0.1, 0.15) is 25.0 Å². The van der Waals surface area contributed by atoms with E-state index < -0.39 is 0 Å². The van der Waals surface area contributed by atoms with Gasteiger partial charge < -0.3 is 10.4 Å². The zero-order valence-electron chi connectivity index (χ0n) is 10.3. The molecular weight excluding hydrogens is 234 g/mol. The van der Waals surface area contributed by atoms with Gasteiger partial charge in [-0.2, -0.15) is 0 Å². The Hall–Kier alpha value is -1.00. The summed E-state index contributed by atoms with van der Waals surface area (Å²) in [6, 6.07) is 7.58. The molecule has 1 aromatic carbocycles. The lowest BCUT2D eigenvalue weighted by atomic mass is 10.1. The third-order valence-corrected chi connectivity index (χ3v) is 3.31. The number of nitrogens with one attached hydrogen (secondary N) is 1. The Morgan fingerprint density at radius 3 is 2.76 bits per heavy atom. The predicted molar refractivity (Wildman–Crippen MR) is 71.8 cm³/mol. The van der Waals surface area contributed by atoms with Crippen molar-refractivity contribution in [1.29, 1.82) is 0 Å². The van der Waals surface area contributed by atoms with Crippen molar-refractivity contribution in [3.63, 3.8) is 0 Å². The van der Waals surface area contributed by atoms with Gasteiger partial charge in [-0.1, -0.05) is 38.1 Å². The molecule has 2 N–H and O–H groups in total. The molecular formula is C13H19NO2S. The first-order chi connectivity index (χ1) is 8.11. The smallest absolute Gasteiger partial charge is 0.230 e. The van der Waals surface area contributed by atoms with Gasteiger partial charge in [0.05, 0.1) is 12.4 Å². The number of aliphatic hydroxyl groups excluding tert-OH is 1. The first-order valence-electron chi connectivity index (χ1n) is 5.69. The van der Waals surface area contributed by atoms with Gasteiger partial charge in [0.15, 0.2) is 0 Å². The molecule has 1 aromatic rings. The molecule has 0 aliphatic carbocycles. The van der Waals surface area contributed by atoms with Crippen LogP contribution in [-0.4, -0.2) is 22.0 Å². The maximum absolute atomic E-state index is 11.5. The van der Waals surface area contributed by atoms with E-state index in [0.717, 1.165) is 11.1 Å². The van der Waals surface area contributed by atoms with E-state index >= 15 is 0 Å². The number of thioether (sulfide) groups is 1. The van der Waals surface area contributed by atoms with Crippen LogP contribution in [0.5, 0.6) is 0 Å². The molecule has 1 rings (SSSR count). The van der Waals surface area contributed by atoms with E-state index in [0.29, 0.717) is 17.5 Å². The molecule has 0 radical (unpaired) electrons. The average molecular weight is 253 g/mol. The van der Waals surface area contributed by atoms with E-state index in [4.69, 9.17) is 5.11 Å². The van der Waals surface area contributed by atoms with Crippen molar-refractivity contribution in [2.45, 2.75) is 32.2 Å². The molecule has 1 amide bonds. The van der Waals surface area contributed by atoms with Gasteiger partial charge in [0, 0.05) is 6.54 Å². The number of hydrogen-bond acceptors (Lipinski definition) is 3. The predicted octanol–water partition coefficient (Wildman–Crippen LogP) is 1.94. The molecule has 94 valence electrons. The lowest BCUT2D eigenvalue weighted by Gasteiger charge is -2.07. The molecule has 0 spiro atoms. The molecule has 0 unspecified atom stereocenters. The average Bonchev–Trinajstić information content (AvgIpc) is 2.34. The zero-order chi connectivity index (χ0) is 12.7. The Labute approximate surface area is 107 Å². The van der Waals surface area contributed by atoms with Crippen LogP contribution in [0, 0.1) is 0 Å². The second kappa shape index (κ2) is 7.35. The van der Waals surface area contributed by atoms with E-state index in [-0.39, 0.29) is 12.5 Å². The van der Waals surface area contributed by atoms with Crippen molar-refractivity contribution in [2.75, 3.05) is 5.75 Å². The molecule has 0 aliphatic rings. The normalized spacial score (nSPS) is 10.6. The Morgan fingerprint density at radius 2 is 2.12 bits per heavy atom. The number of hydrogen-bond donors (Lipinski definition) is 2. The van der Waals surface area contributed by atoms with E-state index in [2.05, 4.69) is 19.2 Å². The highest BCUT2D eigenvalue weighted by Crippen LogP contribution is 2.08. The second-order valence-corrected chi connectivity index (χ2v) is 5.68.